The van der Waals surface area contributed by atoms with Crippen LogP contribution in [0.25, 0.3) is 22.5 Å². The van der Waals surface area contributed by atoms with Gasteiger partial charge >= 0.3 is 5.69 Å². The van der Waals surface area contributed by atoms with Crippen LogP contribution in [0, 0.1) is 17.8 Å². The minimum atomic E-state index is -0.514. The Hall–Kier alpha value is -3.29. The van der Waals surface area contributed by atoms with E-state index in [4.69, 9.17) is 0 Å². The predicted octanol–water partition coefficient (Wildman–Crippen LogP) is 2.70. The van der Waals surface area contributed by atoms with Crippen molar-refractivity contribution in [3.8, 4) is 22.5 Å². The minimum Gasteiger partial charge on any atom is -0.342 e. The molecule has 5 rings (SSSR count). The van der Waals surface area contributed by atoms with Crippen LogP contribution in [-0.4, -0.2) is 43.6 Å². The van der Waals surface area contributed by atoms with Crippen molar-refractivity contribution in [2.24, 2.45) is 11.8 Å². The van der Waals surface area contributed by atoms with Crippen LogP contribution in [0.2, 0.25) is 0 Å². The average Bonchev–Trinajstić information content (AvgIpc) is 3.41. The zero-order chi connectivity index (χ0) is 20.7. The number of aromatic amines is 1. The van der Waals surface area contributed by atoms with E-state index in [2.05, 4.69) is 15.2 Å². The molecule has 154 valence electrons. The molecule has 0 radical (unpaired) electrons. The number of rotatable bonds is 5. The molecule has 1 saturated carbocycles. The van der Waals surface area contributed by atoms with Gasteiger partial charge in [-0.2, -0.15) is 9.49 Å². The van der Waals surface area contributed by atoms with E-state index in [0.29, 0.717) is 18.9 Å². The number of aromatic nitrogens is 4. The number of nitrogens with one attached hydrogen (secondary N) is 1. The van der Waals surface area contributed by atoms with Crippen LogP contribution in [0.15, 0.2) is 47.4 Å². The van der Waals surface area contributed by atoms with E-state index in [1.807, 2.05) is 29.2 Å². The van der Waals surface area contributed by atoms with Gasteiger partial charge in [-0.3, -0.25) is 9.36 Å². The fraction of sp³-hybridized carbons (Fsp3) is 0.364. The Kier molecular flexibility index (Phi) is 4.69. The molecule has 30 heavy (non-hydrogen) atoms. The van der Waals surface area contributed by atoms with Crippen molar-refractivity contribution < 1.29 is 9.18 Å². The summed E-state index contributed by atoms with van der Waals surface area (Å²) in [6, 6.07) is 10.6. The maximum atomic E-state index is 13.0. The van der Waals surface area contributed by atoms with E-state index < -0.39 is 5.95 Å². The Balaban J connectivity index is 1.33. The lowest BCUT2D eigenvalue weighted by molar-refractivity contribution is -0.131. The highest BCUT2D eigenvalue weighted by atomic mass is 19.1. The van der Waals surface area contributed by atoms with Crippen LogP contribution in [0.4, 0.5) is 4.39 Å². The highest BCUT2D eigenvalue weighted by molar-refractivity contribution is 5.81. The van der Waals surface area contributed by atoms with Gasteiger partial charge in [0.1, 0.15) is 0 Å². The summed E-state index contributed by atoms with van der Waals surface area (Å²) in [5.74, 6) is 0.802. The number of carbonyl (C=O) groups excluding carboxylic acids is 1. The number of nitrogens with zero attached hydrogens (tertiary/aromatic N) is 4. The molecule has 0 spiro atoms. The lowest BCUT2D eigenvalue weighted by Crippen LogP contribution is -2.31. The first-order valence-electron chi connectivity index (χ1n) is 10.2. The summed E-state index contributed by atoms with van der Waals surface area (Å²) >= 11 is 0. The predicted molar refractivity (Wildman–Crippen MR) is 109 cm³/mol. The molecule has 2 fully saturated rings. The molecule has 1 aromatic carbocycles. The summed E-state index contributed by atoms with van der Waals surface area (Å²) in [6.45, 7) is 1.99. The largest absolute Gasteiger partial charge is 0.343 e. The second-order valence-electron chi connectivity index (χ2n) is 8.12. The lowest BCUT2D eigenvalue weighted by atomic mass is 10.1. The minimum absolute atomic E-state index is 0.228. The smallest absolute Gasteiger partial charge is 0.342 e. The van der Waals surface area contributed by atoms with Gasteiger partial charge in [-0.15, -0.1) is 0 Å². The van der Waals surface area contributed by atoms with Crippen LogP contribution in [0.5, 0.6) is 0 Å². The van der Waals surface area contributed by atoms with Gasteiger partial charge in [0.15, 0.2) is 5.82 Å². The van der Waals surface area contributed by atoms with Crippen molar-refractivity contribution in [2.75, 3.05) is 13.1 Å². The molecule has 1 saturated heterocycles. The van der Waals surface area contributed by atoms with Crippen LogP contribution in [0.3, 0.4) is 0 Å². The lowest BCUT2D eigenvalue weighted by Gasteiger charge is -2.16. The number of likely N-dealkylation sites (tertiary alicyclic amines) is 1. The number of hydrogen-bond acceptors (Lipinski definition) is 4. The van der Waals surface area contributed by atoms with Gasteiger partial charge < -0.3 is 4.90 Å². The molecule has 3 aromatic rings. The maximum absolute atomic E-state index is 13.0. The van der Waals surface area contributed by atoms with Gasteiger partial charge in [-0.25, -0.2) is 14.9 Å². The summed E-state index contributed by atoms with van der Waals surface area (Å²) in [4.78, 5) is 30.3. The van der Waals surface area contributed by atoms with Gasteiger partial charge in [-0.1, -0.05) is 24.3 Å². The summed E-state index contributed by atoms with van der Waals surface area (Å²) < 4.78 is 14.7. The first kappa shape index (κ1) is 18.7. The number of H-pyrrole nitrogens is 1. The Morgan fingerprint density at radius 2 is 1.80 bits per heavy atom. The molecule has 1 aliphatic carbocycles. The Labute approximate surface area is 172 Å². The molecule has 1 atom stereocenters. The van der Waals surface area contributed by atoms with E-state index in [1.165, 1.54) is 12.3 Å². The van der Waals surface area contributed by atoms with Crippen molar-refractivity contribution in [1.29, 1.82) is 0 Å². The van der Waals surface area contributed by atoms with E-state index in [0.717, 1.165) is 42.5 Å². The zero-order valence-corrected chi connectivity index (χ0v) is 16.4. The molecular weight excluding hydrogens is 385 g/mol. The molecule has 1 aliphatic heterocycles. The number of hydrogen-bond donors (Lipinski definition) is 1. The van der Waals surface area contributed by atoms with Crippen LogP contribution in [0.1, 0.15) is 19.3 Å². The van der Waals surface area contributed by atoms with Crippen molar-refractivity contribution in [3.63, 3.8) is 0 Å². The number of halogens is 1. The first-order chi connectivity index (χ1) is 14.6. The van der Waals surface area contributed by atoms with E-state index >= 15 is 0 Å². The standard InChI is InChI=1S/C22H22FN5O2/c23-19-8-7-18(11-24-19)15-1-3-16(4-2-15)20-25-26-22(30)28(20)13-14-9-10-27(12-14)21(29)17-5-6-17/h1-4,7-8,11,14,17H,5-6,9-10,12-13H2,(H,26,30). The first-order valence-corrected chi connectivity index (χ1v) is 10.2. The summed E-state index contributed by atoms with van der Waals surface area (Å²) in [5.41, 5.74) is 2.29. The van der Waals surface area contributed by atoms with Crippen LogP contribution in [-0.2, 0) is 11.3 Å². The highest BCUT2D eigenvalue weighted by Crippen LogP contribution is 2.33. The quantitative estimate of drug-likeness (QED) is 0.659. The van der Waals surface area contributed by atoms with Gasteiger partial charge in [0, 0.05) is 42.9 Å². The van der Waals surface area contributed by atoms with Crippen LogP contribution < -0.4 is 5.69 Å². The molecule has 7 nitrogen and oxygen atoms in total. The summed E-state index contributed by atoms with van der Waals surface area (Å²) in [7, 11) is 0. The van der Waals surface area contributed by atoms with Gasteiger partial charge in [0.05, 0.1) is 0 Å². The number of pyridine rings is 1. The number of benzene rings is 1. The summed E-state index contributed by atoms with van der Waals surface area (Å²) in [5, 5.41) is 6.77. The van der Waals surface area contributed by atoms with Gasteiger partial charge in [0.25, 0.3) is 0 Å². The third-order valence-corrected chi connectivity index (χ3v) is 5.93. The second-order valence-corrected chi connectivity index (χ2v) is 8.12. The van der Waals surface area contributed by atoms with Crippen LogP contribution >= 0.6 is 0 Å². The number of carbonyl (C=O) groups is 1. The maximum Gasteiger partial charge on any atom is 0.343 e. The molecule has 8 heteroatoms. The molecule has 1 N–H and O–H groups in total. The fourth-order valence-electron chi connectivity index (χ4n) is 4.09. The molecule has 2 aliphatic rings. The van der Waals surface area contributed by atoms with E-state index in [1.54, 1.807) is 10.6 Å². The third kappa shape index (κ3) is 3.65. The topological polar surface area (TPSA) is 83.9 Å². The van der Waals surface area contributed by atoms with Gasteiger partial charge in [-0.05, 0) is 42.9 Å². The normalized spacial score (nSPS) is 18.7. The SMILES string of the molecule is O=C(C1CC1)N1CCC(Cn2c(-c3ccc(-c4ccc(F)nc4)cc3)n[nH]c2=O)C1. The molecule has 1 unspecified atom stereocenters. The molecule has 1 amide bonds. The van der Waals surface area contributed by atoms with Crippen molar-refractivity contribution in [1.82, 2.24) is 24.6 Å². The monoisotopic (exact) mass is 407 g/mol. The second kappa shape index (κ2) is 7.51. The molecular formula is C22H22FN5O2. The van der Waals surface area contributed by atoms with Gasteiger partial charge in [0.2, 0.25) is 11.9 Å². The van der Waals surface area contributed by atoms with Crippen molar-refractivity contribution in [3.05, 3.63) is 59.0 Å². The van der Waals surface area contributed by atoms with E-state index in [-0.39, 0.29) is 23.4 Å². The zero-order valence-electron chi connectivity index (χ0n) is 16.4. The fourth-order valence-corrected chi connectivity index (χ4v) is 4.09. The average molecular weight is 407 g/mol. The Morgan fingerprint density at radius 1 is 1.07 bits per heavy atom. The molecule has 3 heterocycles. The molecule has 2 aromatic heterocycles. The Morgan fingerprint density at radius 3 is 2.50 bits per heavy atom. The third-order valence-electron chi connectivity index (χ3n) is 5.93. The molecule has 0 bridgehead atoms. The van der Waals surface area contributed by atoms with E-state index in [9.17, 15) is 14.0 Å². The number of amides is 1. The van der Waals surface area contributed by atoms with Crippen molar-refractivity contribution >= 4 is 5.91 Å². The highest BCUT2D eigenvalue weighted by Gasteiger charge is 2.36. The summed E-state index contributed by atoms with van der Waals surface area (Å²) in [6.07, 6.45) is 4.40. The Bertz CT molecular complexity index is 1120. The van der Waals surface area contributed by atoms with Crippen molar-refractivity contribution in [2.45, 2.75) is 25.8 Å².